The van der Waals surface area contributed by atoms with E-state index >= 15 is 0 Å². The summed E-state index contributed by atoms with van der Waals surface area (Å²) in [4.78, 5) is 14.4. The smallest absolute Gasteiger partial charge is 0.379 e. The molecule has 2 heterocycles. The number of fused-ring (bicyclic) bond motifs is 1. The molecule has 4 atom stereocenters. The van der Waals surface area contributed by atoms with E-state index in [1.165, 1.54) is 0 Å². The molecular weight excluding hydrogens is 496 g/mol. The second-order valence-corrected chi connectivity index (χ2v) is 10.2. The van der Waals surface area contributed by atoms with Crippen molar-refractivity contribution in [3.63, 3.8) is 0 Å². The maximum absolute atomic E-state index is 14.6. The lowest BCUT2D eigenvalue weighted by Crippen LogP contribution is -2.46. The van der Waals surface area contributed by atoms with Crippen molar-refractivity contribution >= 4 is 22.5 Å². The molecule has 1 saturated carbocycles. The van der Waals surface area contributed by atoms with Gasteiger partial charge in [0.2, 0.25) is 5.91 Å². The molecule has 0 radical (unpaired) electrons. The number of anilines is 1. The summed E-state index contributed by atoms with van der Waals surface area (Å²) in [5.74, 6) is 5.61. The molecule has 5 nitrogen and oxygen atoms in total. The lowest BCUT2D eigenvalue weighted by Gasteiger charge is -2.33. The van der Waals surface area contributed by atoms with Crippen LogP contribution in [-0.4, -0.2) is 60.4 Å². The fraction of sp³-hybridized carbons (Fsp3) is 0.414. The second kappa shape index (κ2) is 10.7. The number of likely N-dealkylation sites (tertiary alicyclic amines) is 1. The van der Waals surface area contributed by atoms with Crippen molar-refractivity contribution in [1.82, 2.24) is 14.8 Å². The predicted molar refractivity (Wildman–Crippen MR) is 140 cm³/mol. The summed E-state index contributed by atoms with van der Waals surface area (Å²) in [6.45, 7) is -0.123. The van der Waals surface area contributed by atoms with Crippen molar-refractivity contribution in [2.75, 3.05) is 32.0 Å². The van der Waals surface area contributed by atoms with E-state index in [1.54, 1.807) is 24.3 Å². The minimum atomic E-state index is -4.45. The molecule has 2 unspecified atom stereocenters. The summed E-state index contributed by atoms with van der Waals surface area (Å²) in [6, 6.07) is 16.0. The lowest BCUT2D eigenvalue weighted by atomic mass is 10.0. The van der Waals surface area contributed by atoms with Crippen LogP contribution in [0.2, 0.25) is 0 Å². The van der Waals surface area contributed by atoms with Gasteiger partial charge in [0.25, 0.3) is 0 Å². The van der Waals surface area contributed by atoms with Crippen LogP contribution < -0.4 is 10.6 Å². The minimum absolute atomic E-state index is 0.0363. The maximum Gasteiger partial charge on any atom is 0.406 e. The van der Waals surface area contributed by atoms with Crippen LogP contribution in [0, 0.1) is 17.8 Å². The summed E-state index contributed by atoms with van der Waals surface area (Å²) in [5, 5.41) is 6.56. The number of piperidine rings is 1. The molecule has 1 aliphatic carbocycles. The molecule has 5 rings (SSSR count). The molecule has 0 spiro atoms. The Hall–Kier alpha value is -3.51. The molecule has 0 bridgehead atoms. The van der Waals surface area contributed by atoms with Crippen LogP contribution in [0.25, 0.3) is 10.9 Å². The molecular formula is C29H30F4N4O. The number of benzene rings is 2. The Kier molecular flexibility index (Phi) is 7.35. The van der Waals surface area contributed by atoms with Crippen molar-refractivity contribution < 1.29 is 22.4 Å². The molecule has 2 aromatic carbocycles. The van der Waals surface area contributed by atoms with Crippen molar-refractivity contribution in [2.45, 2.75) is 43.7 Å². The zero-order valence-electron chi connectivity index (χ0n) is 21.1. The van der Waals surface area contributed by atoms with Crippen LogP contribution >= 0.6 is 0 Å². The summed E-state index contributed by atoms with van der Waals surface area (Å²) in [7, 11) is 1.86. The maximum atomic E-state index is 14.6. The van der Waals surface area contributed by atoms with Gasteiger partial charge in [-0.15, -0.1) is 0 Å². The van der Waals surface area contributed by atoms with Crippen LogP contribution in [0.3, 0.4) is 0 Å². The Morgan fingerprint density at radius 2 is 1.92 bits per heavy atom. The molecule has 9 heteroatoms. The zero-order chi connectivity index (χ0) is 26.9. The highest BCUT2D eigenvalue weighted by Gasteiger charge is 2.43. The Morgan fingerprint density at radius 1 is 1.13 bits per heavy atom. The molecule has 2 N–H and O–H groups in total. The molecule has 3 aromatic rings. The van der Waals surface area contributed by atoms with Crippen molar-refractivity contribution in [2.24, 2.45) is 5.92 Å². The monoisotopic (exact) mass is 526 g/mol. The van der Waals surface area contributed by atoms with Gasteiger partial charge in [0.15, 0.2) is 0 Å². The third-order valence-electron chi connectivity index (χ3n) is 7.29. The molecule has 2 fully saturated rings. The number of amides is 1. The van der Waals surface area contributed by atoms with Crippen LogP contribution in [0.5, 0.6) is 0 Å². The van der Waals surface area contributed by atoms with E-state index in [9.17, 15) is 22.4 Å². The largest absolute Gasteiger partial charge is 0.406 e. The van der Waals surface area contributed by atoms with Crippen molar-refractivity contribution in [3.05, 3.63) is 65.9 Å². The Bertz CT molecular complexity index is 1360. The normalized spacial score (nSPS) is 23.5. The average Bonchev–Trinajstić information content (AvgIpc) is 3.61. The molecule has 38 heavy (non-hydrogen) atoms. The summed E-state index contributed by atoms with van der Waals surface area (Å²) < 4.78 is 56.1. The topological polar surface area (TPSA) is 49.3 Å². The molecule has 1 aromatic heterocycles. The third kappa shape index (κ3) is 5.97. The van der Waals surface area contributed by atoms with Gasteiger partial charge in [-0.05, 0) is 55.5 Å². The van der Waals surface area contributed by atoms with Crippen LogP contribution in [0.1, 0.15) is 30.0 Å². The highest BCUT2D eigenvalue weighted by Crippen LogP contribution is 2.47. The molecule has 1 aliphatic heterocycles. The Balaban J connectivity index is 1.32. The van der Waals surface area contributed by atoms with Crippen LogP contribution in [0.15, 0.2) is 54.6 Å². The number of aromatic nitrogens is 1. The number of hydrogen-bond donors (Lipinski definition) is 2. The second-order valence-electron chi connectivity index (χ2n) is 10.2. The van der Waals surface area contributed by atoms with E-state index in [0.29, 0.717) is 29.6 Å². The molecule has 1 saturated heterocycles. The van der Waals surface area contributed by atoms with Gasteiger partial charge >= 0.3 is 6.18 Å². The van der Waals surface area contributed by atoms with Crippen LogP contribution in [-0.2, 0) is 11.3 Å². The number of hydrogen-bond acceptors (Lipinski definition) is 3. The summed E-state index contributed by atoms with van der Waals surface area (Å²) in [6.07, 6.45) is -4.17. The minimum Gasteiger partial charge on any atom is -0.379 e. The zero-order valence-corrected chi connectivity index (χ0v) is 21.1. The van der Waals surface area contributed by atoms with E-state index in [-0.39, 0.29) is 30.0 Å². The fourth-order valence-electron chi connectivity index (χ4n) is 5.23. The standard InChI is InChI=1S/C29H30F4N4O/c1-36-14-12-26(24(30)17-36)35-25-10-5-11-27-23(25)15-20(37(27)18-29(31,32)33)9-6-13-34-28(38)22-16-21(22)19-7-3-2-4-8-19/h2-5,7-8,10-11,15,21-22,24,26,35H,12-14,16-18H2,1H3,(H,34,38)/t21?,22?,24-,26+/m0/s1. The van der Waals surface area contributed by atoms with Crippen molar-refractivity contribution in [3.8, 4) is 11.8 Å². The highest BCUT2D eigenvalue weighted by atomic mass is 19.4. The number of nitrogens with one attached hydrogen (secondary N) is 2. The van der Waals surface area contributed by atoms with E-state index in [0.717, 1.165) is 23.1 Å². The average molecular weight is 527 g/mol. The van der Waals surface area contributed by atoms with Gasteiger partial charge in [-0.3, -0.25) is 4.79 Å². The first kappa shape index (κ1) is 26.1. The first-order chi connectivity index (χ1) is 18.2. The van der Waals surface area contributed by atoms with Gasteiger partial charge in [0.1, 0.15) is 12.7 Å². The number of alkyl halides is 4. The predicted octanol–water partition coefficient (Wildman–Crippen LogP) is 4.93. The number of carbonyl (C=O) groups excluding carboxylic acids is 1. The van der Waals surface area contributed by atoms with Gasteiger partial charge in [0.05, 0.1) is 23.8 Å². The first-order valence-corrected chi connectivity index (χ1v) is 12.8. The number of rotatable bonds is 6. The Morgan fingerprint density at radius 3 is 2.66 bits per heavy atom. The first-order valence-electron chi connectivity index (χ1n) is 12.8. The summed E-state index contributed by atoms with van der Waals surface area (Å²) >= 11 is 0. The molecule has 200 valence electrons. The van der Waals surface area contributed by atoms with Crippen LogP contribution in [0.4, 0.5) is 23.2 Å². The van der Waals surface area contributed by atoms with Crippen molar-refractivity contribution in [1.29, 1.82) is 0 Å². The SMILES string of the molecule is CN1CC[C@@H](Nc2cccc3c2cc(C#CCNC(=O)C2CC2c2ccccc2)n3CC(F)(F)F)[C@@H](F)C1. The Labute approximate surface area is 219 Å². The number of nitrogens with zero attached hydrogens (tertiary/aromatic N) is 2. The van der Waals surface area contributed by atoms with E-state index in [2.05, 4.69) is 22.5 Å². The van der Waals surface area contributed by atoms with E-state index in [1.807, 2.05) is 42.3 Å². The highest BCUT2D eigenvalue weighted by molar-refractivity contribution is 5.94. The van der Waals surface area contributed by atoms with Gasteiger partial charge in [-0.25, -0.2) is 4.39 Å². The van der Waals surface area contributed by atoms with E-state index < -0.39 is 24.9 Å². The van der Waals surface area contributed by atoms with Gasteiger partial charge in [0, 0.05) is 30.1 Å². The van der Waals surface area contributed by atoms with Gasteiger partial charge < -0.3 is 20.1 Å². The quantitative estimate of drug-likeness (QED) is 0.354. The number of carbonyl (C=O) groups is 1. The number of halogens is 4. The molecule has 1 amide bonds. The molecule has 2 aliphatic rings. The van der Waals surface area contributed by atoms with E-state index in [4.69, 9.17) is 0 Å². The third-order valence-corrected chi connectivity index (χ3v) is 7.29. The van der Waals surface area contributed by atoms with Gasteiger partial charge in [-0.1, -0.05) is 42.3 Å². The van der Waals surface area contributed by atoms with Gasteiger partial charge in [-0.2, -0.15) is 13.2 Å². The fourth-order valence-corrected chi connectivity index (χ4v) is 5.23. The lowest BCUT2D eigenvalue weighted by molar-refractivity contribution is -0.140. The summed E-state index contributed by atoms with van der Waals surface area (Å²) in [5.41, 5.74) is 2.26.